The van der Waals surface area contributed by atoms with Crippen molar-refractivity contribution < 1.29 is 28.5 Å². The summed E-state index contributed by atoms with van der Waals surface area (Å²) in [4.78, 5) is 27.7. The summed E-state index contributed by atoms with van der Waals surface area (Å²) in [6, 6.07) is 8.00. The van der Waals surface area contributed by atoms with Gasteiger partial charge < -0.3 is 10.2 Å². The van der Waals surface area contributed by atoms with E-state index in [0.29, 0.717) is 25.3 Å². The van der Waals surface area contributed by atoms with Gasteiger partial charge in [-0.05, 0) is 67.9 Å². The normalized spacial score (nSPS) is 17.6. The monoisotopic (exact) mass is 477 g/mol. The molecule has 2 amide bonds. The Morgan fingerprint density at radius 2 is 1.94 bits per heavy atom. The third kappa shape index (κ3) is 3.41. The van der Waals surface area contributed by atoms with E-state index in [-0.39, 0.29) is 22.1 Å². The zero-order valence-corrected chi connectivity index (χ0v) is 17.7. The van der Waals surface area contributed by atoms with Gasteiger partial charge in [-0.3, -0.25) is 14.5 Å². The number of carbonyl (C=O) groups is 2. The maximum absolute atomic E-state index is 14.7. The highest BCUT2D eigenvalue weighted by Gasteiger charge is 2.59. The molecule has 1 aliphatic carbocycles. The maximum Gasteiger partial charge on any atom is 0.417 e. The lowest BCUT2D eigenvalue weighted by Crippen LogP contribution is -2.55. The maximum atomic E-state index is 14.7. The second-order valence-electron chi connectivity index (χ2n) is 7.65. The fraction of sp³-hybridized carbons (Fsp3) is 0.273. The molecule has 2 aliphatic rings. The predicted molar refractivity (Wildman–Crippen MR) is 115 cm³/mol. The van der Waals surface area contributed by atoms with Crippen LogP contribution in [-0.4, -0.2) is 29.5 Å². The van der Waals surface area contributed by atoms with Crippen LogP contribution in [-0.2, 0) is 11.0 Å². The topological polar surface area (TPSA) is 76.4 Å². The molecule has 0 radical (unpaired) electrons. The number of alkyl halides is 3. The average molecular weight is 477 g/mol. The van der Waals surface area contributed by atoms with E-state index in [9.17, 15) is 27.2 Å². The van der Waals surface area contributed by atoms with Gasteiger partial charge in [0.05, 0.1) is 28.4 Å². The van der Waals surface area contributed by atoms with Crippen molar-refractivity contribution in [2.75, 3.05) is 16.8 Å². The average Bonchev–Trinajstić information content (AvgIpc) is 2.99. The van der Waals surface area contributed by atoms with E-state index < -0.39 is 47.5 Å². The number of nitrogens with one attached hydrogen (secondary N) is 1. The Morgan fingerprint density at radius 1 is 1.24 bits per heavy atom. The molecule has 1 spiro atoms. The van der Waals surface area contributed by atoms with Crippen molar-refractivity contribution >= 4 is 40.5 Å². The summed E-state index contributed by atoms with van der Waals surface area (Å²) in [7, 11) is -0.437. The third-order valence-electron chi connectivity index (χ3n) is 5.90. The first kappa shape index (κ1) is 21.3. The van der Waals surface area contributed by atoms with Crippen LogP contribution in [0.1, 0.15) is 42.1 Å². The molecule has 4 rings (SSSR count). The fourth-order valence-corrected chi connectivity index (χ4v) is 4.60. The van der Waals surface area contributed by atoms with E-state index in [1.165, 1.54) is 29.2 Å². The van der Waals surface area contributed by atoms with Gasteiger partial charge in [0.1, 0.15) is 11.4 Å². The number of benzene rings is 2. The lowest BCUT2D eigenvalue weighted by atomic mass is 9.75. The standard InChI is InChI=1S/C22H16F4N4O2S/c1-28-18(31)15-6-5-14(10-17(15)23)30-20(33)29(19(32)21(30)7-2-8-21)13-4-3-12(11-27)16(9-13)22(24,25)26/h3-6,9-10H,2,7-8H2,1H3,(H,28,31)/i1D. The van der Waals surface area contributed by atoms with Crippen LogP contribution in [0.4, 0.5) is 28.9 Å². The minimum absolute atomic E-state index is 0.134. The first-order chi connectivity index (χ1) is 16.0. The highest BCUT2D eigenvalue weighted by Crippen LogP contribution is 2.48. The second kappa shape index (κ2) is 7.81. The molecule has 6 nitrogen and oxygen atoms in total. The molecule has 0 unspecified atom stereocenters. The van der Waals surface area contributed by atoms with E-state index in [1.807, 2.05) is 0 Å². The molecular formula is C22H16F4N4O2S. The third-order valence-corrected chi connectivity index (χ3v) is 6.26. The minimum atomic E-state index is -4.82. The van der Waals surface area contributed by atoms with Crippen molar-refractivity contribution in [2.45, 2.75) is 31.0 Å². The van der Waals surface area contributed by atoms with Crippen LogP contribution in [0.25, 0.3) is 0 Å². The van der Waals surface area contributed by atoms with Gasteiger partial charge in [-0.2, -0.15) is 18.4 Å². The Labute approximate surface area is 192 Å². The SMILES string of the molecule is [2H]CNC(=O)c1ccc(N2C(=S)N(c3ccc(C#N)c(C(F)(F)F)c3)C(=O)C23CCC3)cc1F. The summed E-state index contributed by atoms with van der Waals surface area (Å²) >= 11 is 5.48. The van der Waals surface area contributed by atoms with Gasteiger partial charge in [-0.25, -0.2) is 4.39 Å². The summed E-state index contributed by atoms with van der Waals surface area (Å²) < 4.78 is 62.2. The molecule has 2 aromatic rings. The summed E-state index contributed by atoms with van der Waals surface area (Å²) in [6.45, 7) is 0. The molecule has 1 saturated heterocycles. The number of hydrogen-bond donors (Lipinski definition) is 1. The summed E-state index contributed by atoms with van der Waals surface area (Å²) in [5.74, 6) is -2.22. The Hall–Kier alpha value is -3.52. The summed E-state index contributed by atoms with van der Waals surface area (Å²) in [5.41, 5.74) is -3.24. The van der Waals surface area contributed by atoms with Crippen LogP contribution in [0.2, 0.25) is 0 Å². The Bertz CT molecular complexity index is 1260. The second-order valence-corrected chi connectivity index (χ2v) is 8.02. The lowest BCUT2D eigenvalue weighted by molar-refractivity contribution is -0.137. The molecule has 0 atom stereocenters. The van der Waals surface area contributed by atoms with Crippen LogP contribution in [0.5, 0.6) is 0 Å². The van der Waals surface area contributed by atoms with Crippen molar-refractivity contribution in [1.82, 2.24) is 5.32 Å². The van der Waals surface area contributed by atoms with Gasteiger partial charge in [0.25, 0.3) is 11.8 Å². The number of thiocarbonyl (C=S) groups is 1. The number of rotatable bonds is 3. The molecule has 2 aromatic carbocycles. The number of anilines is 2. The first-order valence-corrected chi connectivity index (χ1v) is 10.1. The highest BCUT2D eigenvalue weighted by atomic mass is 32.1. The number of halogens is 4. The molecule has 0 aromatic heterocycles. The molecule has 2 fully saturated rings. The van der Waals surface area contributed by atoms with Crippen LogP contribution in [0.15, 0.2) is 36.4 Å². The highest BCUT2D eigenvalue weighted by molar-refractivity contribution is 7.81. The number of nitriles is 1. The van der Waals surface area contributed by atoms with Gasteiger partial charge in [-0.1, -0.05) is 0 Å². The predicted octanol–water partition coefficient (Wildman–Crippen LogP) is 4.14. The molecule has 11 heteroatoms. The van der Waals surface area contributed by atoms with E-state index in [0.717, 1.165) is 17.0 Å². The first-order valence-electron chi connectivity index (χ1n) is 10.4. The fourth-order valence-electron chi connectivity index (χ4n) is 4.13. The number of amides is 2. The summed E-state index contributed by atoms with van der Waals surface area (Å²) in [5, 5.41) is 11.1. The van der Waals surface area contributed by atoms with E-state index >= 15 is 0 Å². The van der Waals surface area contributed by atoms with E-state index in [2.05, 4.69) is 5.32 Å². The molecule has 1 heterocycles. The number of hydrogen-bond acceptors (Lipinski definition) is 4. The van der Waals surface area contributed by atoms with Crippen LogP contribution in [0.3, 0.4) is 0 Å². The molecular weight excluding hydrogens is 460 g/mol. The Balaban J connectivity index is 1.78. The summed E-state index contributed by atoms with van der Waals surface area (Å²) in [6.07, 6.45) is -3.45. The van der Waals surface area contributed by atoms with Gasteiger partial charge >= 0.3 is 6.18 Å². The van der Waals surface area contributed by atoms with Gasteiger partial charge in [-0.15, -0.1) is 0 Å². The van der Waals surface area contributed by atoms with Crippen LogP contribution in [0, 0.1) is 17.1 Å². The van der Waals surface area contributed by atoms with Crippen molar-refractivity contribution in [3.63, 3.8) is 0 Å². The minimum Gasteiger partial charge on any atom is -0.355 e. The zero-order valence-electron chi connectivity index (χ0n) is 17.9. The van der Waals surface area contributed by atoms with Crippen molar-refractivity contribution in [2.24, 2.45) is 0 Å². The lowest BCUT2D eigenvalue weighted by Gasteiger charge is -2.43. The van der Waals surface area contributed by atoms with Gasteiger partial charge in [0.15, 0.2) is 5.11 Å². The largest absolute Gasteiger partial charge is 0.417 e. The van der Waals surface area contributed by atoms with Crippen molar-refractivity contribution in [3.8, 4) is 6.07 Å². The molecule has 1 N–H and O–H groups in total. The molecule has 1 saturated carbocycles. The quantitative estimate of drug-likeness (QED) is 0.531. The van der Waals surface area contributed by atoms with E-state index in [4.69, 9.17) is 18.9 Å². The smallest absolute Gasteiger partial charge is 0.355 e. The molecule has 1 aliphatic heterocycles. The molecule has 0 bridgehead atoms. The molecule has 170 valence electrons. The molecule has 33 heavy (non-hydrogen) atoms. The number of nitrogens with zero attached hydrogens (tertiary/aromatic N) is 3. The van der Waals surface area contributed by atoms with Gasteiger partial charge in [0, 0.05) is 14.1 Å². The van der Waals surface area contributed by atoms with Crippen molar-refractivity contribution in [3.05, 3.63) is 58.9 Å². The van der Waals surface area contributed by atoms with Gasteiger partial charge in [0.2, 0.25) is 0 Å². The Morgan fingerprint density at radius 3 is 2.48 bits per heavy atom. The Kier molecular flexibility index (Phi) is 5.05. The van der Waals surface area contributed by atoms with Crippen molar-refractivity contribution in [1.29, 1.82) is 5.26 Å². The zero-order chi connectivity index (χ0) is 24.8. The van der Waals surface area contributed by atoms with Crippen LogP contribution >= 0.6 is 12.2 Å². The van der Waals surface area contributed by atoms with Crippen LogP contribution < -0.4 is 15.1 Å². The van der Waals surface area contributed by atoms with E-state index in [1.54, 1.807) is 0 Å². The number of carbonyl (C=O) groups excluding carboxylic acids is 2.